The van der Waals surface area contributed by atoms with Crippen LogP contribution in [-0.4, -0.2) is 31.9 Å². The number of carbonyl (C=O) groups excluding carboxylic acids is 1. The Morgan fingerprint density at radius 1 is 1.47 bits per heavy atom. The Kier molecular flexibility index (Phi) is 5.11. The number of hydrogen-bond acceptors (Lipinski definition) is 5. The van der Waals surface area contributed by atoms with Crippen molar-refractivity contribution >= 4 is 21.7 Å². The number of nitrogens with one attached hydrogen (secondary N) is 1. The van der Waals surface area contributed by atoms with Crippen molar-refractivity contribution in [2.75, 3.05) is 17.1 Å². The number of halogens is 1. The smallest absolute Gasteiger partial charge is 0.306 e. The Balaban J connectivity index is 2.69. The van der Waals surface area contributed by atoms with E-state index in [9.17, 15) is 22.7 Å². The minimum Gasteiger partial charge on any atom is -0.506 e. The molecule has 8 heteroatoms. The summed E-state index contributed by atoms with van der Waals surface area (Å²) in [5.41, 5.74) is -0.274. The molecule has 0 aromatic heterocycles. The van der Waals surface area contributed by atoms with Crippen LogP contribution in [0.1, 0.15) is 13.3 Å². The van der Waals surface area contributed by atoms with Crippen LogP contribution in [0.3, 0.4) is 0 Å². The van der Waals surface area contributed by atoms with Crippen LogP contribution in [0, 0.1) is 5.82 Å². The van der Waals surface area contributed by atoms with Gasteiger partial charge in [0.15, 0.2) is 0 Å². The van der Waals surface area contributed by atoms with Crippen LogP contribution in [0.15, 0.2) is 18.2 Å². The SMILES string of the molecule is CCOC(=O)CCS(=O)(=O)Nc1cc(F)ccc1O. The van der Waals surface area contributed by atoms with Gasteiger partial charge >= 0.3 is 5.97 Å². The van der Waals surface area contributed by atoms with E-state index in [0.29, 0.717) is 0 Å². The fourth-order valence-corrected chi connectivity index (χ4v) is 2.30. The summed E-state index contributed by atoms with van der Waals surface area (Å²) in [6, 6.07) is 2.86. The lowest BCUT2D eigenvalue weighted by Crippen LogP contribution is -2.20. The first-order valence-corrected chi connectivity index (χ1v) is 7.14. The summed E-state index contributed by atoms with van der Waals surface area (Å²) < 4.78 is 42.7. The number of esters is 1. The van der Waals surface area contributed by atoms with Crippen LogP contribution in [0.2, 0.25) is 0 Å². The molecule has 0 bridgehead atoms. The molecular weight excluding hydrogens is 277 g/mol. The molecule has 0 saturated carbocycles. The Bertz CT molecular complexity index is 558. The second-order valence-electron chi connectivity index (χ2n) is 3.64. The minimum absolute atomic E-state index is 0.164. The third kappa shape index (κ3) is 5.12. The van der Waals surface area contributed by atoms with Crippen LogP contribution in [-0.2, 0) is 19.6 Å². The lowest BCUT2D eigenvalue weighted by atomic mass is 10.3. The maximum Gasteiger partial charge on any atom is 0.306 e. The highest BCUT2D eigenvalue weighted by atomic mass is 32.2. The van der Waals surface area contributed by atoms with Gasteiger partial charge in [-0.05, 0) is 19.1 Å². The zero-order valence-corrected chi connectivity index (χ0v) is 11.0. The monoisotopic (exact) mass is 291 g/mol. The van der Waals surface area contributed by atoms with Gasteiger partial charge in [0, 0.05) is 6.07 Å². The summed E-state index contributed by atoms with van der Waals surface area (Å²) in [6.07, 6.45) is -0.320. The van der Waals surface area contributed by atoms with Gasteiger partial charge in [-0.3, -0.25) is 9.52 Å². The molecule has 0 aliphatic heterocycles. The van der Waals surface area contributed by atoms with Crippen LogP contribution >= 0.6 is 0 Å². The van der Waals surface area contributed by atoms with Gasteiger partial charge in [0.1, 0.15) is 11.6 Å². The van der Waals surface area contributed by atoms with Crippen molar-refractivity contribution in [3.8, 4) is 5.75 Å². The highest BCUT2D eigenvalue weighted by Gasteiger charge is 2.16. The molecule has 0 aliphatic carbocycles. The van der Waals surface area contributed by atoms with E-state index in [4.69, 9.17) is 0 Å². The Labute approximate surface area is 110 Å². The van der Waals surface area contributed by atoms with E-state index in [1.54, 1.807) is 6.92 Å². The molecule has 0 atom stereocenters. The molecule has 1 aromatic carbocycles. The largest absolute Gasteiger partial charge is 0.506 e. The Morgan fingerprint density at radius 3 is 2.79 bits per heavy atom. The molecule has 106 valence electrons. The molecule has 0 saturated heterocycles. The number of hydrogen-bond donors (Lipinski definition) is 2. The van der Waals surface area contributed by atoms with Crippen molar-refractivity contribution in [2.45, 2.75) is 13.3 Å². The summed E-state index contributed by atoms with van der Waals surface area (Å²) in [7, 11) is -3.86. The van der Waals surface area contributed by atoms with Crippen molar-refractivity contribution in [1.29, 1.82) is 0 Å². The van der Waals surface area contributed by atoms with Crippen LogP contribution < -0.4 is 4.72 Å². The number of rotatable bonds is 6. The molecule has 19 heavy (non-hydrogen) atoms. The Hall–Kier alpha value is -1.83. The molecule has 0 amide bonds. The van der Waals surface area contributed by atoms with Gasteiger partial charge in [-0.1, -0.05) is 0 Å². The van der Waals surface area contributed by atoms with Gasteiger partial charge < -0.3 is 9.84 Å². The summed E-state index contributed by atoms with van der Waals surface area (Å²) >= 11 is 0. The molecule has 0 fully saturated rings. The lowest BCUT2D eigenvalue weighted by Gasteiger charge is -2.09. The highest BCUT2D eigenvalue weighted by molar-refractivity contribution is 7.92. The molecule has 0 spiro atoms. The molecule has 0 radical (unpaired) electrons. The summed E-state index contributed by atoms with van der Waals surface area (Å²) in [5.74, 6) is -2.25. The van der Waals surface area contributed by atoms with Crippen molar-refractivity contribution in [1.82, 2.24) is 0 Å². The van der Waals surface area contributed by atoms with Crippen LogP contribution in [0.25, 0.3) is 0 Å². The van der Waals surface area contributed by atoms with Crippen molar-refractivity contribution < 1.29 is 27.4 Å². The number of sulfonamides is 1. The predicted octanol–water partition coefficient (Wildman–Crippen LogP) is 1.23. The molecule has 0 aliphatic rings. The normalized spacial score (nSPS) is 11.1. The summed E-state index contributed by atoms with van der Waals surface area (Å²) in [6.45, 7) is 1.77. The van der Waals surface area contributed by atoms with E-state index in [0.717, 1.165) is 18.2 Å². The second kappa shape index (κ2) is 6.37. The molecule has 0 heterocycles. The van der Waals surface area contributed by atoms with Crippen molar-refractivity contribution in [3.05, 3.63) is 24.0 Å². The van der Waals surface area contributed by atoms with Crippen LogP contribution in [0.4, 0.5) is 10.1 Å². The van der Waals surface area contributed by atoms with Gasteiger partial charge in [0.25, 0.3) is 0 Å². The zero-order chi connectivity index (χ0) is 14.5. The number of phenolic OH excluding ortho intramolecular Hbond substituents is 1. The lowest BCUT2D eigenvalue weighted by molar-refractivity contribution is -0.142. The van der Waals surface area contributed by atoms with E-state index in [2.05, 4.69) is 4.74 Å². The first kappa shape index (κ1) is 15.2. The highest BCUT2D eigenvalue weighted by Crippen LogP contribution is 2.24. The maximum absolute atomic E-state index is 12.9. The van der Waals surface area contributed by atoms with E-state index < -0.39 is 33.3 Å². The molecule has 2 N–H and O–H groups in total. The van der Waals surface area contributed by atoms with Crippen molar-refractivity contribution in [2.24, 2.45) is 0 Å². The van der Waals surface area contributed by atoms with E-state index in [1.165, 1.54) is 0 Å². The van der Waals surface area contributed by atoms with Gasteiger partial charge in [0.2, 0.25) is 10.0 Å². The quantitative estimate of drug-likeness (QED) is 0.607. The fraction of sp³-hybridized carbons (Fsp3) is 0.364. The number of carbonyl (C=O) groups is 1. The van der Waals surface area contributed by atoms with E-state index >= 15 is 0 Å². The second-order valence-corrected chi connectivity index (χ2v) is 5.48. The third-order valence-electron chi connectivity index (χ3n) is 2.10. The number of anilines is 1. The topological polar surface area (TPSA) is 92.7 Å². The molecule has 6 nitrogen and oxygen atoms in total. The average molecular weight is 291 g/mol. The van der Waals surface area contributed by atoms with Gasteiger partial charge in [-0.15, -0.1) is 0 Å². The third-order valence-corrected chi connectivity index (χ3v) is 3.38. The Morgan fingerprint density at radius 2 is 2.16 bits per heavy atom. The van der Waals surface area contributed by atoms with Gasteiger partial charge in [0.05, 0.1) is 24.5 Å². The van der Waals surface area contributed by atoms with Gasteiger partial charge in [-0.2, -0.15) is 0 Å². The van der Waals surface area contributed by atoms with Gasteiger partial charge in [-0.25, -0.2) is 12.8 Å². The van der Waals surface area contributed by atoms with E-state index in [1.807, 2.05) is 4.72 Å². The first-order chi connectivity index (χ1) is 8.84. The van der Waals surface area contributed by atoms with Crippen molar-refractivity contribution in [3.63, 3.8) is 0 Å². The standard InChI is InChI=1S/C11H14FNO5S/c1-2-18-11(15)5-6-19(16,17)13-9-7-8(12)3-4-10(9)14/h3-4,7,13-14H,2,5-6H2,1H3. The molecular formula is C11H14FNO5S. The summed E-state index contributed by atoms with van der Waals surface area (Å²) in [4.78, 5) is 11.0. The average Bonchev–Trinajstić information content (AvgIpc) is 2.32. The predicted molar refractivity (Wildman–Crippen MR) is 66.7 cm³/mol. The number of ether oxygens (including phenoxy) is 1. The number of benzene rings is 1. The molecule has 1 aromatic rings. The summed E-state index contributed by atoms with van der Waals surface area (Å²) in [5, 5.41) is 9.37. The maximum atomic E-state index is 12.9. The first-order valence-electron chi connectivity index (χ1n) is 5.48. The number of aromatic hydroxyl groups is 1. The number of phenols is 1. The zero-order valence-electron chi connectivity index (χ0n) is 10.2. The van der Waals surface area contributed by atoms with E-state index in [-0.39, 0.29) is 18.7 Å². The van der Waals surface area contributed by atoms with Crippen LogP contribution in [0.5, 0.6) is 5.75 Å². The molecule has 0 unspecified atom stereocenters. The molecule has 1 rings (SSSR count). The minimum atomic E-state index is -3.86. The fourth-order valence-electron chi connectivity index (χ4n) is 1.26.